The van der Waals surface area contributed by atoms with Crippen LogP contribution in [0.1, 0.15) is 67.9 Å². The minimum Gasteiger partial charge on any atom is -0.493 e. The fourth-order valence-corrected chi connectivity index (χ4v) is 8.24. The number of hydrogen-bond donors (Lipinski definition) is 0. The number of carbonyl (C=O) groups excluding carboxylic acids is 2. The van der Waals surface area contributed by atoms with E-state index >= 15 is 0 Å². The average molecular weight is 571 g/mol. The maximum absolute atomic E-state index is 14.0. The van der Waals surface area contributed by atoms with Crippen LogP contribution in [0.15, 0.2) is 24.3 Å². The number of carbonyl (C=O) groups is 2. The molecule has 0 radical (unpaired) electrons. The van der Waals surface area contributed by atoms with Crippen LogP contribution < -0.4 is 14.2 Å². The number of likely N-dealkylation sites (N-methyl/N-ethyl adjacent to an activating group) is 1. The Balaban J connectivity index is 1.44. The highest BCUT2D eigenvalue weighted by molar-refractivity contribution is 5.94. The number of piperidine rings is 1. The summed E-state index contributed by atoms with van der Waals surface area (Å²) < 4.78 is 18.6. The monoisotopic (exact) mass is 570 g/mol. The zero-order valence-corrected chi connectivity index (χ0v) is 25.9. The molecule has 7 nitrogen and oxygen atoms in total. The Labute approximate surface area is 249 Å². The van der Waals surface area contributed by atoms with Gasteiger partial charge in [-0.05, 0) is 88.2 Å². The number of nitrogens with zero attached hydrogens (tertiary/aromatic N) is 2. The van der Waals surface area contributed by atoms with Gasteiger partial charge in [0.15, 0.2) is 11.5 Å². The molecule has 1 unspecified atom stereocenters. The molecule has 2 aromatic rings. The van der Waals surface area contributed by atoms with Crippen molar-refractivity contribution in [2.45, 2.75) is 83.9 Å². The predicted octanol–water partition coefficient (Wildman–Crippen LogP) is 4.81. The van der Waals surface area contributed by atoms with Crippen LogP contribution >= 0.6 is 0 Å². The van der Waals surface area contributed by atoms with Crippen molar-refractivity contribution in [2.75, 3.05) is 27.2 Å². The molecular formula is C35H42N2O5. The molecule has 0 N–H and O–H groups in total. The Morgan fingerprint density at radius 2 is 1.95 bits per heavy atom. The van der Waals surface area contributed by atoms with E-state index in [0.717, 1.165) is 60.2 Å². The van der Waals surface area contributed by atoms with Gasteiger partial charge in [0.25, 0.3) is 5.91 Å². The van der Waals surface area contributed by atoms with Crippen molar-refractivity contribution in [3.63, 3.8) is 0 Å². The van der Waals surface area contributed by atoms with Crippen LogP contribution in [0.5, 0.6) is 17.2 Å². The molecule has 2 bridgehead atoms. The quantitative estimate of drug-likeness (QED) is 0.292. The maximum Gasteiger partial charge on any atom is 0.308 e. The van der Waals surface area contributed by atoms with E-state index in [2.05, 4.69) is 51.5 Å². The number of likely N-dealkylation sites (tertiary alicyclic amines) is 1. The summed E-state index contributed by atoms with van der Waals surface area (Å²) in [5, 5.41) is 0. The van der Waals surface area contributed by atoms with Crippen molar-refractivity contribution in [3.05, 3.63) is 52.1 Å². The van der Waals surface area contributed by atoms with Gasteiger partial charge in [0.2, 0.25) is 0 Å². The Morgan fingerprint density at radius 3 is 2.64 bits per heavy atom. The molecule has 2 aliphatic heterocycles. The van der Waals surface area contributed by atoms with Gasteiger partial charge in [-0.2, -0.15) is 0 Å². The highest BCUT2D eigenvalue weighted by atomic mass is 16.5. The number of rotatable bonds is 5. The molecule has 2 fully saturated rings. The van der Waals surface area contributed by atoms with Crippen LogP contribution in [-0.4, -0.2) is 67.1 Å². The fraction of sp³-hybridized carbons (Fsp3) is 0.543. The fourth-order valence-electron chi connectivity index (χ4n) is 8.24. The summed E-state index contributed by atoms with van der Waals surface area (Å²) in [4.78, 5) is 30.5. The number of amides is 1. The number of hydrogen-bond acceptors (Lipinski definition) is 6. The van der Waals surface area contributed by atoms with E-state index in [9.17, 15) is 9.59 Å². The van der Waals surface area contributed by atoms with Crippen molar-refractivity contribution >= 4 is 11.9 Å². The summed E-state index contributed by atoms with van der Waals surface area (Å²) >= 11 is 0. The third-order valence-corrected chi connectivity index (χ3v) is 10.2. The SMILES string of the molecule is COc1cc(OC(C)=O)c2c3c1O[C@H]1C(N(CC(C)C)C(=O)C#Cc4ccc(C)c(C)c4)CC[C@H]4[C@@H](C2)N(C)CC[C@]314. The predicted molar refractivity (Wildman–Crippen MR) is 161 cm³/mol. The van der Waals surface area contributed by atoms with Gasteiger partial charge in [0, 0.05) is 53.6 Å². The highest BCUT2D eigenvalue weighted by Crippen LogP contribution is 2.65. The third-order valence-electron chi connectivity index (χ3n) is 10.2. The first-order chi connectivity index (χ1) is 20.0. The van der Waals surface area contributed by atoms with Crippen molar-refractivity contribution < 1.29 is 23.8 Å². The van der Waals surface area contributed by atoms with Gasteiger partial charge in [-0.25, -0.2) is 0 Å². The minimum atomic E-state index is -0.348. The van der Waals surface area contributed by atoms with Crippen LogP contribution in [0.2, 0.25) is 0 Å². The Morgan fingerprint density at radius 1 is 1.17 bits per heavy atom. The highest BCUT2D eigenvalue weighted by Gasteiger charge is 2.67. The van der Waals surface area contributed by atoms with Gasteiger partial charge in [-0.15, -0.1) is 0 Å². The van der Waals surface area contributed by atoms with Crippen molar-refractivity contribution in [1.29, 1.82) is 0 Å². The summed E-state index contributed by atoms with van der Waals surface area (Å²) in [5.74, 6) is 8.18. The van der Waals surface area contributed by atoms with Gasteiger partial charge >= 0.3 is 5.97 Å². The average Bonchev–Trinajstić information content (AvgIpc) is 3.29. The smallest absolute Gasteiger partial charge is 0.308 e. The number of benzene rings is 2. The van der Waals surface area contributed by atoms with Crippen molar-refractivity contribution in [1.82, 2.24) is 9.80 Å². The number of methoxy groups -OCH3 is 1. The summed E-state index contributed by atoms with van der Waals surface area (Å²) in [5.41, 5.74) is 5.12. The Hall–Kier alpha value is -3.50. The standard InChI is InChI=1S/C35H42N2O5/c1-20(2)19-37(31(39)13-10-24-9-8-21(3)22(4)16-24)27-12-11-26-28-17-25-29(41-23(5)38)18-30(40-7)33-32(25)35(26,34(27)42-33)14-15-36(28)6/h8-9,16,18,20,26-28,34H,11-12,14-15,17,19H2,1-7H3/t26-,27?,28+,34-,35-/m0/s1. The molecule has 222 valence electrons. The topological polar surface area (TPSA) is 68.3 Å². The van der Waals surface area contributed by atoms with Gasteiger partial charge in [0.05, 0.1) is 13.2 Å². The molecule has 42 heavy (non-hydrogen) atoms. The molecule has 2 aromatic carbocycles. The molecular weight excluding hydrogens is 528 g/mol. The van der Waals surface area contributed by atoms with Crippen molar-refractivity contribution in [2.24, 2.45) is 11.8 Å². The largest absolute Gasteiger partial charge is 0.493 e. The van der Waals surface area contributed by atoms with Gasteiger partial charge < -0.3 is 24.0 Å². The second-order valence-electron chi connectivity index (χ2n) is 13.1. The molecule has 1 spiro atoms. The summed E-state index contributed by atoms with van der Waals surface area (Å²) in [6.07, 6.45) is 3.33. The third kappa shape index (κ3) is 4.46. The lowest BCUT2D eigenvalue weighted by molar-refractivity contribution is -0.137. The van der Waals surface area contributed by atoms with E-state index < -0.39 is 0 Å². The number of ether oxygens (including phenoxy) is 3. The lowest BCUT2D eigenvalue weighted by Gasteiger charge is -2.60. The molecule has 1 saturated carbocycles. The van der Waals surface area contributed by atoms with Crippen LogP contribution in [0.25, 0.3) is 0 Å². The van der Waals surface area contributed by atoms with E-state index in [4.69, 9.17) is 14.2 Å². The van der Waals surface area contributed by atoms with Crippen LogP contribution in [-0.2, 0) is 21.4 Å². The molecule has 4 aliphatic rings. The van der Waals surface area contributed by atoms with Gasteiger partial charge in [-0.3, -0.25) is 9.59 Å². The molecule has 6 rings (SSSR count). The molecule has 0 aromatic heterocycles. The second kappa shape index (κ2) is 10.6. The Kier molecular flexibility index (Phi) is 7.25. The normalized spacial score (nSPS) is 27.0. The van der Waals surface area contributed by atoms with E-state index in [-0.39, 0.29) is 35.4 Å². The minimum absolute atomic E-state index is 0.130. The summed E-state index contributed by atoms with van der Waals surface area (Å²) in [6, 6.07) is 8.05. The second-order valence-corrected chi connectivity index (χ2v) is 13.1. The lowest BCUT2D eigenvalue weighted by Crippen LogP contribution is -2.68. The first-order valence-electron chi connectivity index (χ1n) is 15.2. The molecule has 2 heterocycles. The van der Waals surface area contributed by atoms with Gasteiger partial charge in [-0.1, -0.05) is 25.8 Å². The summed E-state index contributed by atoms with van der Waals surface area (Å²) in [7, 11) is 3.83. The molecule has 5 atom stereocenters. The van der Waals surface area contributed by atoms with E-state index in [1.165, 1.54) is 12.5 Å². The van der Waals surface area contributed by atoms with E-state index in [1.807, 2.05) is 23.1 Å². The molecule has 1 amide bonds. The number of aryl methyl sites for hydroxylation is 2. The van der Waals surface area contributed by atoms with E-state index in [1.54, 1.807) is 13.2 Å². The molecule has 1 saturated heterocycles. The van der Waals surface area contributed by atoms with Crippen LogP contribution in [0.3, 0.4) is 0 Å². The molecule has 7 heteroatoms. The number of esters is 1. The van der Waals surface area contributed by atoms with Crippen LogP contribution in [0.4, 0.5) is 0 Å². The molecule has 2 aliphatic carbocycles. The van der Waals surface area contributed by atoms with E-state index in [0.29, 0.717) is 30.0 Å². The van der Waals surface area contributed by atoms with Crippen molar-refractivity contribution in [3.8, 4) is 29.1 Å². The first-order valence-corrected chi connectivity index (χ1v) is 15.2. The van der Waals surface area contributed by atoms with Gasteiger partial charge in [0.1, 0.15) is 11.9 Å². The maximum atomic E-state index is 14.0. The first kappa shape index (κ1) is 28.6. The zero-order chi connectivity index (χ0) is 29.9. The van der Waals surface area contributed by atoms with Crippen LogP contribution in [0, 0.1) is 37.5 Å². The Bertz CT molecular complexity index is 1500. The summed E-state index contributed by atoms with van der Waals surface area (Å²) in [6.45, 7) is 11.4. The zero-order valence-electron chi connectivity index (χ0n) is 25.9. The lowest BCUT2D eigenvalue weighted by atomic mass is 9.51.